The van der Waals surface area contributed by atoms with Gasteiger partial charge in [-0.1, -0.05) is 51.3 Å². The maximum Gasteiger partial charge on any atom is 0.260 e. The molecular formula is C65H76N12O12. The van der Waals surface area contributed by atoms with Crippen LogP contribution in [-0.2, 0) is 38.2 Å². The summed E-state index contributed by atoms with van der Waals surface area (Å²) in [7, 11) is 4.72. The molecule has 0 spiro atoms. The highest BCUT2D eigenvalue weighted by molar-refractivity contribution is 6.04. The van der Waals surface area contributed by atoms with Crippen LogP contribution in [0.3, 0.4) is 0 Å². The molecule has 1 aromatic heterocycles. The lowest BCUT2D eigenvalue weighted by atomic mass is 9.98. The highest BCUT2D eigenvalue weighted by Crippen LogP contribution is 2.43. The molecule has 7 atom stereocenters. The lowest BCUT2D eigenvalue weighted by Gasteiger charge is -2.29. The van der Waals surface area contributed by atoms with Gasteiger partial charge in [0.05, 0.1) is 50.4 Å². The number of fused-ring (bicyclic) bond motifs is 2. The molecule has 0 radical (unpaired) electrons. The third kappa shape index (κ3) is 16.4. The number of anilines is 4. The molecule has 0 saturated heterocycles. The Morgan fingerprint density at radius 1 is 0.787 bits per heavy atom. The summed E-state index contributed by atoms with van der Waals surface area (Å²) in [5.41, 5.74) is 6.22. The number of hydrogen-bond donors (Lipinski definition) is 7. The molecule has 0 saturated carbocycles. The Morgan fingerprint density at radius 2 is 1.48 bits per heavy atom. The quantitative estimate of drug-likeness (QED) is 0.0158. The number of nitrogens with one attached hydrogen (secondary N) is 6. The van der Waals surface area contributed by atoms with Gasteiger partial charge in [0.2, 0.25) is 35.5 Å². The van der Waals surface area contributed by atoms with E-state index in [0.717, 1.165) is 40.2 Å². The van der Waals surface area contributed by atoms with Crippen LogP contribution in [0.2, 0.25) is 0 Å². The molecular weight excluding hydrogens is 1140 g/mol. The van der Waals surface area contributed by atoms with Gasteiger partial charge in [-0.2, -0.15) is 9.97 Å². The molecule has 24 heteroatoms. The molecule has 7 N–H and O–H groups in total. The van der Waals surface area contributed by atoms with E-state index in [1.54, 1.807) is 70.2 Å². The number of hydrogen-bond acceptors (Lipinski definition) is 18. The van der Waals surface area contributed by atoms with E-state index in [1.807, 2.05) is 72.9 Å². The molecule has 468 valence electrons. The summed E-state index contributed by atoms with van der Waals surface area (Å²) in [5.74, 6) is -1.11. The molecule has 3 aromatic carbocycles. The van der Waals surface area contributed by atoms with Crippen molar-refractivity contribution in [2.45, 2.75) is 102 Å². The van der Waals surface area contributed by atoms with Crippen molar-refractivity contribution < 1.29 is 57.6 Å². The van der Waals surface area contributed by atoms with E-state index in [1.165, 1.54) is 13.2 Å². The van der Waals surface area contributed by atoms with Crippen molar-refractivity contribution in [2.75, 3.05) is 62.4 Å². The minimum Gasteiger partial charge on any atom is -0.497 e. The number of carbonyl (C=O) groups is 6. The Labute approximate surface area is 517 Å². The van der Waals surface area contributed by atoms with Crippen molar-refractivity contribution in [3.8, 4) is 17.2 Å². The number of ether oxygens (including phenoxy) is 5. The number of aliphatic hydroxyl groups excluding tert-OH is 1. The number of rotatable bonds is 29. The second kappa shape index (κ2) is 30.2. The Bertz CT molecular complexity index is 3450. The molecule has 0 fully saturated rings. The minimum absolute atomic E-state index is 0.0382. The van der Waals surface area contributed by atoms with Crippen LogP contribution < -0.4 is 46.1 Å². The molecule has 1 aliphatic carbocycles. The van der Waals surface area contributed by atoms with Crippen molar-refractivity contribution in [1.82, 2.24) is 30.4 Å². The number of aromatic nitrogens is 2. The van der Waals surface area contributed by atoms with Gasteiger partial charge in [-0.3, -0.25) is 44.1 Å². The van der Waals surface area contributed by atoms with Gasteiger partial charge < -0.3 is 65.2 Å². The van der Waals surface area contributed by atoms with Crippen molar-refractivity contribution in [2.24, 2.45) is 15.9 Å². The van der Waals surface area contributed by atoms with Crippen molar-refractivity contribution in [3.05, 3.63) is 145 Å². The van der Waals surface area contributed by atoms with Crippen LogP contribution in [0.15, 0.2) is 138 Å². The topological polar surface area (TPSA) is 298 Å². The van der Waals surface area contributed by atoms with Gasteiger partial charge in [-0.25, -0.2) is 0 Å². The number of aliphatic imine (C=N–C) groups is 2. The lowest BCUT2D eigenvalue weighted by Crippen LogP contribution is -2.53. The van der Waals surface area contributed by atoms with Gasteiger partial charge in [0.1, 0.15) is 41.7 Å². The van der Waals surface area contributed by atoms with Crippen LogP contribution in [0.4, 0.5) is 29.0 Å². The summed E-state index contributed by atoms with van der Waals surface area (Å²) in [4.78, 5) is 98.4. The molecule has 6 amide bonds. The standard InChI is InChI=1S/C65H76N12O12/c1-11-57(78)71-56-33-55(72-65(73-56)75-58(79)12-2)67-24-13-15-59(80)74-60(37(3)4)62(82)69-39(6)61(81)70-44-20-16-40(17-21-44)42-27-38(5)76(35-42)63(83)47-29-51(86-9)53(31-49(47)66-7)88-25-14-26-89-54-32-50-48(30-52(54)87-10)64(84)77-36-43(28-45(77)34-68-50)41-18-22-46(85-8)23-19-41/h11-12,16-23,29-39,45,52,54,60,63,83H,1-2,7,13-15,24-28H2,3-6,8-10H3,(H,69,82)(H,70,81)(H,74,80)(H3,67,71,72,73,75,78,79)/t38?,39-,45-,52?,54?,60-,63?/m0/s1. The van der Waals surface area contributed by atoms with E-state index < -0.39 is 60.1 Å². The third-order valence-corrected chi connectivity index (χ3v) is 15.2. The Kier molecular flexibility index (Phi) is 22.1. The number of nitrogens with zero attached hydrogens (tertiary/aromatic N) is 6. The molecule has 4 unspecified atom stereocenters. The first-order valence-electron chi connectivity index (χ1n) is 29.1. The summed E-state index contributed by atoms with van der Waals surface area (Å²) < 4.78 is 29.3. The SMILES string of the molecule is C=CC(=O)Nc1cc(NCCCC(=O)N[C@H](C(=O)N[C@@H](C)C(=O)Nc2ccc(C3=CN(C(O)c4cc(OC)c(OCCCOC5C=C6N=C[C@@H]7CC(c8ccc(OC)cc8)=CN7C(=O)C6=CC5OC)cc4N=C)C(C)C3)cc2)C(C)C)nc(NC(=O)C=C)n1. The second-order valence-electron chi connectivity index (χ2n) is 21.7. The van der Waals surface area contributed by atoms with E-state index in [-0.39, 0.29) is 61.1 Å². The fourth-order valence-electron chi connectivity index (χ4n) is 10.3. The van der Waals surface area contributed by atoms with Gasteiger partial charge in [0.15, 0.2) is 17.7 Å². The van der Waals surface area contributed by atoms with Crippen molar-refractivity contribution in [3.63, 3.8) is 0 Å². The molecule has 3 aliphatic heterocycles. The van der Waals surface area contributed by atoms with Crippen LogP contribution >= 0.6 is 0 Å². The maximum absolute atomic E-state index is 13.9. The van der Waals surface area contributed by atoms with E-state index in [0.29, 0.717) is 72.0 Å². The second-order valence-corrected chi connectivity index (χ2v) is 21.7. The molecule has 4 aromatic rings. The number of amides is 6. The molecule has 89 heavy (non-hydrogen) atoms. The fourth-order valence-corrected chi connectivity index (χ4v) is 10.3. The van der Waals surface area contributed by atoms with E-state index in [2.05, 4.69) is 66.7 Å². The zero-order valence-corrected chi connectivity index (χ0v) is 50.9. The van der Waals surface area contributed by atoms with Crippen LogP contribution in [0.5, 0.6) is 17.2 Å². The normalized spacial score (nSPS) is 18.5. The van der Waals surface area contributed by atoms with Crippen LogP contribution in [0.25, 0.3) is 11.1 Å². The summed E-state index contributed by atoms with van der Waals surface area (Å²) in [6, 6.07) is 17.6. The Balaban J connectivity index is 0.792. The average Bonchev–Trinajstić information content (AvgIpc) is 1.96. The van der Waals surface area contributed by atoms with Gasteiger partial charge in [0, 0.05) is 81.0 Å². The number of carbonyl (C=O) groups excluding carboxylic acids is 6. The molecule has 24 nitrogen and oxygen atoms in total. The largest absolute Gasteiger partial charge is 0.497 e. The van der Waals surface area contributed by atoms with Crippen LogP contribution in [0, 0.1) is 5.92 Å². The Morgan fingerprint density at radius 3 is 2.16 bits per heavy atom. The average molecular weight is 1220 g/mol. The maximum atomic E-state index is 13.9. The molecule has 8 rings (SSSR count). The minimum atomic E-state index is -1.13. The van der Waals surface area contributed by atoms with E-state index in [9.17, 15) is 33.9 Å². The van der Waals surface area contributed by atoms with Crippen molar-refractivity contribution in [1.29, 1.82) is 0 Å². The number of methoxy groups -OCH3 is 3. The fraction of sp³-hybridized carbons (Fsp3) is 0.354. The number of aliphatic hydroxyl groups is 1. The Hall–Kier alpha value is -9.78. The lowest BCUT2D eigenvalue weighted by molar-refractivity contribution is -0.131. The molecule has 0 bridgehead atoms. The third-order valence-electron chi connectivity index (χ3n) is 15.2. The monoisotopic (exact) mass is 1220 g/mol. The zero-order valence-electron chi connectivity index (χ0n) is 50.9. The first-order chi connectivity index (χ1) is 42.8. The summed E-state index contributed by atoms with van der Waals surface area (Å²) >= 11 is 0. The van der Waals surface area contributed by atoms with E-state index in [4.69, 9.17) is 28.7 Å². The highest BCUT2D eigenvalue weighted by atomic mass is 16.5. The number of benzene rings is 3. The first kappa shape index (κ1) is 65.2. The van der Waals surface area contributed by atoms with Crippen LogP contribution in [-0.4, -0.2) is 151 Å². The predicted octanol–water partition coefficient (Wildman–Crippen LogP) is 7.40. The predicted molar refractivity (Wildman–Crippen MR) is 339 cm³/mol. The van der Waals surface area contributed by atoms with Gasteiger partial charge >= 0.3 is 0 Å². The first-order valence-corrected chi connectivity index (χ1v) is 29.1. The van der Waals surface area contributed by atoms with Crippen molar-refractivity contribution >= 4 is 88.5 Å². The van der Waals surface area contributed by atoms with Gasteiger partial charge in [-0.15, -0.1) is 0 Å². The van der Waals surface area contributed by atoms with Crippen LogP contribution in [0.1, 0.15) is 82.7 Å². The summed E-state index contributed by atoms with van der Waals surface area (Å²) in [5, 5.41) is 28.2. The van der Waals surface area contributed by atoms with Gasteiger partial charge in [-0.05, 0) is 116 Å². The van der Waals surface area contributed by atoms with Gasteiger partial charge in [0.25, 0.3) is 5.91 Å². The smallest absolute Gasteiger partial charge is 0.260 e. The zero-order chi connectivity index (χ0) is 63.9. The molecule has 4 aliphatic rings. The summed E-state index contributed by atoms with van der Waals surface area (Å²) in [6.45, 7) is 18.5. The van der Waals surface area contributed by atoms with E-state index >= 15 is 0 Å². The molecule has 4 heterocycles. The summed E-state index contributed by atoms with van der Waals surface area (Å²) in [6.07, 6.45) is 11.2. The highest BCUT2D eigenvalue weighted by Gasteiger charge is 2.38.